The van der Waals surface area contributed by atoms with Gasteiger partial charge in [-0.1, -0.05) is 18.2 Å². The Labute approximate surface area is 126 Å². The number of nitrogen functional groups attached to an aromatic ring is 1. The summed E-state index contributed by atoms with van der Waals surface area (Å²) in [4.78, 5) is 17.8. The summed E-state index contributed by atoms with van der Waals surface area (Å²) in [7, 11) is 0. The topological polar surface area (TPSA) is 68.0 Å². The second-order valence-corrected chi connectivity index (χ2v) is 5.82. The van der Waals surface area contributed by atoms with E-state index in [1.807, 2.05) is 42.6 Å². The number of aromatic nitrogens is 1. The number of hydrogen-bond donors (Lipinski definition) is 2. The van der Waals surface area contributed by atoms with Gasteiger partial charge in [0.05, 0.1) is 17.6 Å². The van der Waals surface area contributed by atoms with Gasteiger partial charge >= 0.3 is 0 Å². The molecule has 0 aliphatic rings. The molecule has 0 aliphatic carbocycles. The lowest BCUT2D eigenvalue weighted by atomic mass is 10.1. The molecule has 0 saturated carbocycles. The molecule has 0 bridgehead atoms. The number of pyridine rings is 1. The molecule has 0 aliphatic heterocycles. The van der Waals surface area contributed by atoms with E-state index in [0.717, 1.165) is 15.8 Å². The van der Waals surface area contributed by atoms with Gasteiger partial charge in [-0.15, -0.1) is 11.3 Å². The number of amides is 1. The van der Waals surface area contributed by atoms with Crippen LogP contribution in [0.3, 0.4) is 0 Å². The maximum absolute atomic E-state index is 12.4. The van der Waals surface area contributed by atoms with Gasteiger partial charge in [-0.3, -0.25) is 4.79 Å². The maximum Gasteiger partial charge on any atom is 0.252 e. The molecule has 3 aromatic rings. The van der Waals surface area contributed by atoms with E-state index in [9.17, 15) is 4.79 Å². The summed E-state index contributed by atoms with van der Waals surface area (Å²) < 4.78 is 0. The number of rotatable bonds is 3. The van der Waals surface area contributed by atoms with Gasteiger partial charge in [0.1, 0.15) is 5.82 Å². The predicted octanol–water partition coefficient (Wildman–Crippen LogP) is 3.12. The lowest BCUT2D eigenvalue weighted by Gasteiger charge is -2.08. The molecule has 0 radical (unpaired) electrons. The molecule has 1 aromatic carbocycles. The molecule has 3 N–H and O–H groups in total. The molecule has 21 heavy (non-hydrogen) atoms. The van der Waals surface area contributed by atoms with Crippen molar-refractivity contribution >= 4 is 34.0 Å². The Hall–Kier alpha value is -2.40. The molecule has 0 atom stereocenters. The summed E-state index contributed by atoms with van der Waals surface area (Å²) in [5, 5.41) is 5.79. The van der Waals surface area contributed by atoms with Crippen molar-refractivity contribution in [2.24, 2.45) is 0 Å². The van der Waals surface area contributed by atoms with E-state index >= 15 is 0 Å². The van der Waals surface area contributed by atoms with Crippen molar-refractivity contribution in [3.8, 4) is 0 Å². The number of fused-ring (bicyclic) bond motifs is 1. The number of aryl methyl sites for hydroxylation is 1. The van der Waals surface area contributed by atoms with Crippen LogP contribution in [0.5, 0.6) is 0 Å². The van der Waals surface area contributed by atoms with E-state index in [0.29, 0.717) is 17.9 Å². The molecule has 106 valence electrons. The van der Waals surface area contributed by atoms with Gasteiger partial charge < -0.3 is 11.1 Å². The number of para-hydroxylation sites is 1. The van der Waals surface area contributed by atoms with Crippen LogP contribution in [0.1, 0.15) is 20.8 Å². The largest absolute Gasteiger partial charge is 0.384 e. The van der Waals surface area contributed by atoms with Crippen LogP contribution in [0.4, 0.5) is 5.82 Å². The van der Waals surface area contributed by atoms with E-state index in [2.05, 4.69) is 10.3 Å². The van der Waals surface area contributed by atoms with Crippen LogP contribution in [-0.4, -0.2) is 10.9 Å². The Morgan fingerprint density at radius 1 is 1.33 bits per heavy atom. The van der Waals surface area contributed by atoms with Crippen LogP contribution < -0.4 is 11.1 Å². The number of carbonyl (C=O) groups is 1. The smallest absolute Gasteiger partial charge is 0.252 e. The molecule has 0 saturated heterocycles. The molecule has 0 fully saturated rings. The zero-order valence-corrected chi connectivity index (χ0v) is 12.4. The Morgan fingerprint density at radius 3 is 2.90 bits per heavy atom. The molecular weight excluding hydrogens is 282 g/mol. The van der Waals surface area contributed by atoms with Crippen molar-refractivity contribution in [2.45, 2.75) is 13.5 Å². The van der Waals surface area contributed by atoms with Crippen LogP contribution in [-0.2, 0) is 6.54 Å². The molecule has 2 aromatic heterocycles. The number of benzene rings is 1. The Morgan fingerprint density at radius 2 is 2.14 bits per heavy atom. The summed E-state index contributed by atoms with van der Waals surface area (Å²) in [6, 6.07) is 11.2. The summed E-state index contributed by atoms with van der Waals surface area (Å²) in [6.45, 7) is 2.57. The van der Waals surface area contributed by atoms with Crippen LogP contribution in [0, 0.1) is 6.92 Å². The molecule has 4 nitrogen and oxygen atoms in total. The first-order valence-corrected chi connectivity index (χ1v) is 7.49. The second-order valence-electron chi connectivity index (χ2n) is 4.82. The van der Waals surface area contributed by atoms with E-state index in [1.54, 1.807) is 17.4 Å². The standard InChI is InChI=1S/C16H15N3OS/c1-10-6-7-21-14(10)9-18-16(20)12-8-15(17)19-13-5-3-2-4-11(12)13/h2-8H,9H2,1H3,(H2,17,19)(H,18,20). The third-order valence-electron chi connectivity index (χ3n) is 3.36. The van der Waals surface area contributed by atoms with Gasteiger partial charge in [0.25, 0.3) is 5.91 Å². The molecule has 5 heteroatoms. The Bertz CT molecular complexity index is 810. The monoisotopic (exact) mass is 297 g/mol. The summed E-state index contributed by atoms with van der Waals surface area (Å²) in [5.74, 6) is 0.222. The van der Waals surface area contributed by atoms with Crippen molar-refractivity contribution in [2.75, 3.05) is 5.73 Å². The van der Waals surface area contributed by atoms with Crippen molar-refractivity contribution in [3.63, 3.8) is 0 Å². The minimum atomic E-state index is -0.131. The van der Waals surface area contributed by atoms with Crippen LogP contribution >= 0.6 is 11.3 Å². The number of thiophene rings is 1. The van der Waals surface area contributed by atoms with Gasteiger partial charge in [-0.05, 0) is 36.1 Å². The van der Waals surface area contributed by atoms with Crippen LogP contribution in [0.15, 0.2) is 41.8 Å². The van der Waals surface area contributed by atoms with E-state index in [-0.39, 0.29) is 5.91 Å². The van der Waals surface area contributed by atoms with E-state index < -0.39 is 0 Å². The summed E-state index contributed by atoms with van der Waals surface area (Å²) in [6.07, 6.45) is 0. The van der Waals surface area contributed by atoms with E-state index in [1.165, 1.54) is 5.56 Å². The molecule has 0 unspecified atom stereocenters. The lowest BCUT2D eigenvalue weighted by Crippen LogP contribution is -2.23. The SMILES string of the molecule is Cc1ccsc1CNC(=O)c1cc(N)nc2ccccc12. The first-order chi connectivity index (χ1) is 10.1. The Balaban J connectivity index is 1.89. The average molecular weight is 297 g/mol. The average Bonchev–Trinajstić information content (AvgIpc) is 2.89. The number of hydrogen-bond acceptors (Lipinski definition) is 4. The highest BCUT2D eigenvalue weighted by Gasteiger charge is 2.12. The van der Waals surface area contributed by atoms with Gasteiger partial charge in [-0.25, -0.2) is 4.98 Å². The third kappa shape index (κ3) is 2.73. The van der Waals surface area contributed by atoms with E-state index in [4.69, 9.17) is 5.73 Å². The molecular formula is C16H15N3OS. The summed E-state index contributed by atoms with van der Waals surface area (Å²) in [5.41, 5.74) is 8.28. The predicted molar refractivity (Wildman–Crippen MR) is 86.4 cm³/mol. The molecule has 3 rings (SSSR count). The third-order valence-corrected chi connectivity index (χ3v) is 4.38. The fourth-order valence-corrected chi connectivity index (χ4v) is 3.07. The zero-order chi connectivity index (χ0) is 14.8. The van der Waals surface area contributed by atoms with Crippen molar-refractivity contribution < 1.29 is 4.79 Å². The van der Waals surface area contributed by atoms with Gasteiger partial charge in [0, 0.05) is 10.3 Å². The summed E-state index contributed by atoms with van der Waals surface area (Å²) >= 11 is 1.64. The lowest BCUT2D eigenvalue weighted by molar-refractivity contribution is 0.0953. The molecule has 2 heterocycles. The van der Waals surface area contributed by atoms with Crippen LogP contribution in [0.25, 0.3) is 10.9 Å². The van der Waals surface area contributed by atoms with Gasteiger partial charge in [0.2, 0.25) is 0 Å². The van der Waals surface area contributed by atoms with Crippen molar-refractivity contribution in [3.05, 3.63) is 57.8 Å². The number of anilines is 1. The minimum Gasteiger partial charge on any atom is -0.384 e. The number of nitrogens with one attached hydrogen (secondary N) is 1. The minimum absolute atomic E-state index is 0.131. The fraction of sp³-hybridized carbons (Fsp3) is 0.125. The van der Waals surface area contributed by atoms with Crippen molar-refractivity contribution in [1.82, 2.24) is 10.3 Å². The Kier molecular flexibility index (Phi) is 3.58. The zero-order valence-electron chi connectivity index (χ0n) is 11.6. The number of nitrogens with zero attached hydrogens (tertiary/aromatic N) is 1. The number of carbonyl (C=O) groups excluding carboxylic acids is 1. The highest BCUT2D eigenvalue weighted by molar-refractivity contribution is 7.10. The highest BCUT2D eigenvalue weighted by Crippen LogP contribution is 2.20. The maximum atomic E-state index is 12.4. The molecule has 0 spiro atoms. The second kappa shape index (κ2) is 5.54. The quantitative estimate of drug-likeness (QED) is 0.780. The van der Waals surface area contributed by atoms with Gasteiger partial charge in [-0.2, -0.15) is 0 Å². The normalized spacial score (nSPS) is 10.7. The van der Waals surface area contributed by atoms with Crippen LogP contribution in [0.2, 0.25) is 0 Å². The van der Waals surface area contributed by atoms with Gasteiger partial charge in [0.15, 0.2) is 0 Å². The van der Waals surface area contributed by atoms with Crippen molar-refractivity contribution in [1.29, 1.82) is 0 Å². The number of nitrogens with two attached hydrogens (primary N) is 1. The first-order valence-electron chi connectivity index (χ1n) is 6.61. The molecule has 1 amide bonds. The fourth-order valence-electron chi connectivity index (χ4n) is 2.22. The highest BCUT2D eigenvalue weighted by atomic mass is 32.1. The first kappa shape index (κ1) is 13.6.